The number of rotatable bonds is 1. The number of nitrogens with zero attached hydrogens (tertiary/aromatic N) is 2. The third kappa shape index (κ3) is 1.83. The fourth-order valence-corrected chi connectivity index (χ4v) is 2.04. The summed E-state index contributed by atoms with van der Waals surface area (Å²) in [5.41, 5.74) is 2.22. The first-order valence-corrected chi connectivity index (χ1v) is 5.79. The van der Waals surface area contributed by atoms with Gasteiger partial charge < -0.3 is 0 Å². The Kier molecular flexibility index (Phi) is 2.68. The van der Waals surface area contributed by atoms with Gasteiger partial charge in [-0.3, -0.25) is 0 Å². The van der Waals surface area contributed by atoms with Crippen LogP contribution in [-0.4, -0.2) is 9.97 Å². The Morgan fingerprint density at radius 3 is 2.67 bits per heavy atom. The van der Waals surface area contributed by atoms with Crippen molar-refractivity contribution in [3.8, 4) is 11.3 Å². The molecule has 0 fully saturated rings. The molecular formula is C14H8ClFN2. The van der Waals surface area contributed by atoms with E-state index in [0.717, 1.165) is 5.56 Å². The molecule has 0 atom stereocenters. The second-order valence-electron chi connectivity index (χ2n) is 3.84. The van der Waals surface area contributed by atoms with E-state index in [1.54, 1.807) is 18.2 Å². The number of hydrogen-bond acceptors (Lipinski definition) is 2. The molecule has 0 radical (unpaired) electrons. The van der Waals surface area contributed by atoms with E-state index in [2.05, 4.69) is 9.97 Å². The molecule has 0 saturated carbocycles. The highest BCUT2D eigenvalue weighted by Gasteiger charge is 2.08. The molecular weight excluding hydrogens is 251 g/mol. The van der Waals surface area contributed by atoms with Gasteiger partial charge in [0.05, 0.1) is 22.4 Å². The predicted molar refractivity (Wildman–Crippen MR) is 69.9 cm³/mol. The zero-order chi connectivity index (χ0) is 12.5. The van der Waals surface area contributed by atoms with Gasteiger partial charge in [0.1, 0.15) is 5.52 Å². The maximum Gasteiger partial charge on any atom is 0.151 e. The molecule has 0 aliphatic carbocycles. The van der Waals surface area contributed by atoms with Gasteiger partial charge in [-0.05, 0) is 18.2 Å². The molecule has 0 unspecified atom stereocenters. The van der Waals surface area contributed by atoms with Gasteiger partial charge >= 0.3 is 0 Å². The maximum atomic E-state index is 13.5. The zero-order valence-electron chi connectivity index (χ0n) is 9.27. The third-order valence-corrected chi connectivity index (χ3v) is 3.00. The zero-order valence-corrected chi connectivity index (χ0v) is 10.0. The Morgan fingerprint density at radius 2 is 1.83 bits per heavy atom. The molecule has 0 aliphatic heterocycles. The molecule has 1 aromatic heterocycles. The molecule has 3 rings (SSSR count). The Bertz CT molecular complexity index is 728. The molecule has 3 aromatic rings. The highest BCUT2D eigenvalue weighted by molar-refractivity contribution is 6.33. The van der Waals surface area contributed by atoms with Crippen molar-refractivity contribution in [2.24, 2.45) is 0 Å². The van der Waals surface area contributed by atoms with Crippen LogP contribution in [0.15, 0.2) is 48.7 Å². The molecule has 2 nitrogen and oxygen atoms in total. The van der Waals surface area contributed by atoms with Crippen molar-refractivity contribution in [1.29, 1.82) is 0 Å². The summed E-state index contributed by atoms with van der Waals surface area (Å²) < 4.78 is 13.5. The lowest BCUT2D eigenvalue weighted by molar-refractivity contribution is 0.636. The summed E-state index contributed by atoms with van der Waals surface area (Å²) in [4.78, 5) is 8.48. The summed E-state index contributed by atoms with van der Waals surface area (Å²) in [6, 6.07) is 12.1. The highest BCUT2D eigenvalue weighted by atomic mass is 35.5. The van der Waals surface area contributed by atoms with Gasteiger partial charge in [0, 0.05) is 5.56 Å². The van der Waals surface area contributed by atoms with E-state index in [-0.39, 0.29) is 11.3 Å². The minimum Gasteiger partial charge on any atom is -0.249 e. The van der Waals surface area contributed by atoms with Gasteiger partial charge in [-0.2, -0.15) is 0 Å². The normalized spacial score (nSPS) is 10.8. The van der Waals surface area contributed by atoms with Crippen LogP contribution in [0.3, 0.4) is 0 Å². The quantitative estimate of drug-likeness (QED) is 0.657. The second kappa shape index (κ2) is 4.35. The molecule has 88 valence electrons. The first kappa shape index (κ1) is 11.1. The Balaban J connectivity index is 2.23. The van der Waals surface area contributed by atoms with Gasteiger partial charge in [-0.25, -0.2) is 14.4 Å². The van der Waals surface area contributed by atoms with Crippen LogP contribution in [0.2, 0.25) is 5.02 Å². The molecule has 0 bridgehead atoms. The van der Waals surface area contributed by atoms with Crippen molar-refractivity contribution >= 4 is 22.6 Å². The van der Waals surface area contributed by atoms with Crippen molar-refractivity contribution < 1.29 is 4.39 Å². The lowest BCUT2D eigenvalue weighted by Crippen LogP contribution is -1.91. The molecule has 0 saturated heterocycles. The lowest BCUT2D eigenvalue weighted by atomic mass is 10.1. The van der Waals surface area contributed by atoms with E-state index in [4.69, 9.17) is 11.6 Å². The van der Waals surface area contributed by atoms with Gasteiger partial charge in [0.25, 0.3) is 0 Å². The summed E-state index contributed by atoms with van der Waals surface area (Å²) in [5, 5.41) is 0.600. The van der Waals surface area contributed by atoms with Crippen LogP contribution in [0.5, 0.6) is 0 Å². The summed E-state index contributed by atoms with van der Waals surface area (Å²) in [7, 11) is 0. The van der Waals surface area contributed by atoms with Gasteiger partial charge in [-0.1, -0.05) is 35.9 Å². The first-order valence-electron chi connectivity index (χ1n) is 5.42. The fraction of sp³-hybridized carbons (Fsp3) is 0. The molecule has 0 aliphatic rings. The number of hydrogen-bond donors (Lipinski definition) is 0. The van der Waals surface area contributed by atoms with Crippen molar-refractivity contribution in [3.63, 3.8) is 0 Å². The third-order valence-electron chi connectivity index (χ3n) is 2.67. The summed E-state index contributed by atoms with van der Waals surface area (Å²) >= 11 is 6.10. The summed E-state index contributed by atoms with van der Waals surface area (Å²) in [6.45, 7) is 0. The van der Waals surface area contributed by atoms with Crippen LogP contribution in [0.4, 0.5) is 4.39 Å². The molecule has 0 N–H and O–H groups in total. The lowest BCUT2D eigenvalue weighted by Gasteiger charge is -2.04. The smallest absolute Gasteiger partial charge is 0.151 e. The van der Waals surface area contributed by atoms with Crippen LogP contribution in [0.1, 0.15) is 0 Å². The van der Waals surface area contributed by atoms with Crippen molar-refractivity contribution in [2.75, 3.05) is 0 Å². The minimum absolute atomic E-state index is 0.272. The minimum atomic E-state index is -0.370. The summed E-state index contributed by atoms with van der Waals surface area (Å²) in [5.74, 6) is -0.370. The summed E-state index contributed by atoms with van der Waals surface area (Å²) in [6.07, 6.45) is 1.53. The molecule has 0 spiro atoms. The number of halogens is 2. The fourth-order valence-electron chi connectivity index (χ4n) is 1.81. The average molecular weight is 259 g/mol. The van der Waals surface area contributed by atoms with E-state index in [1.165, 1.54) is 12.3 Å². The SMILES string of the molecule is Fc1cccc2nc(-c3ccccc3Cl)cnc12. The number of para-hydroxylation sites is 1. The first-order chi connectivity index (χ1) is 8.75. The molecule has 4 heteroatoms. The van der Waals surface area contributed by atoms with E-state index in [1.807, 2.05) is 18.2 Å². The molecule has 0 amide bonds. The van der Waals surface area contributed by atoms with Crippen LogP contribution in [0, 0.1) is 5.82 Å². The highest BCUT2D eigenvalue weighted by Crippen LogP contribution is 2.26. The van der Waals surface area contributed by atoms with Crippen molar-refractivity contribution in [3.05, 3.63) is 59.5 Å². The molecule has 18 heavy (non-hydrogen) atoms. The maximum absolute atomic E-state index is 13.5. The monoisotopic (exact) mass is 258 g/mol. The van der Waals surface area contributed by atoms with E-state index < -0.39 is 0 Å². The Labute approximate surface area is 108 Å². The molecule has 2 aromatic carbocycles. The number of fused-ring (bicyclic) bond motifs is 1. The average Bonchev–Trinajstić information content (AvgIpc) is 2.39. The Morgan fingerprint density at radius 1 is 1.00 bits per heavy atom. The van der Waals surface area contributed by atoms with E-state index in [9.17, 15) is 4.39 Å². The van der Waals surface area contributed by atoms with Crippen molar-refractivity contribution in [1.82, 2.24) is 9.97 Å². The second-order valence-corrected chi connectivity index (χ2v) is 4.25. The molecule has 1 heterocycles. The number of aromatic nitrogens is 2. The van der Waals surface area contributed by atoms with E-state index in [0.29, 0.717) is 16.2 Å². The van der Waals surface area contributed by atoms with Crippen LogP contribution in [0.25, 0.3) is 22.3 Å². The van der Waals surface area contributed by atoms with Gasteiger partial charge in [0.15, 0.2) is 5.82 Å². The van der Waals surface area contributed by atoms with Gasteiger partial charge in [0.2, 0.25) is 0 Å². The van der Waals surface area contributed by atoms with Gasteiger partial charge in [-0.15, -0.1) is 0 Å². The predicted octanol–water partition coefficient (Wildman–Crippen LogP) is 4.09. The van der Waals surface area contributed by atoms with Crippen LogP contribution < -0.4 is 0 Å². The van der Waals surface area contributed by atoms with Crippen molar-refractivity contribution in [2.45, 2.75) is 0 Å². The number of benzene rings is 2. The van der Waals surface area contributed by atoms with Crippen LogP contribution in [-0.2, 0) is 0 Å². The van der Waals surface area contributed by atoms with E-state index >= 15 is 0 Å². The standard InChI is InChI=1S/C14H8ClFN2/c15-10-5-2-1-4-9(10)13-8-17-14-11(16)6-3-7-12(14)18-13/h1-8H. The Hall–Kier alpha value is -2.00. The largest absolute Gasteiger partial charge is 0.249 e. The van der Waals surface area contributed by atoms with Crippen LogP contribution >= 0.6 is 11.6 Å². The topological polar surface area (TPSA) is 25.8 Å².